The minimum atomic E-state index is -0.793. The molecule has 1 atom stereocenters. The number of methoxy groups -OCH3 is 1. The highest BCUT2D eigenvalue weighted by atomic mass is 35.5. The number of amides is 2. The Morgan fingerprint density at radius 3 is 2.17 bits per heavy atom. The molecule has 0 aliphatic carbocycles. The highest BCUT2D eigenvalue weighted by Gasteiger charge is 2.31. The highest BCUT2D eigenvalue weighted by Crippen LogP contribution is 2.27. The molecule has 3 aromatic rings. The lowest BCUT2D eigenvalue weighted by atomic mass is 10.0. The van der Waals surface area contributed by atoms with Gasteiger partial charge in [0, 0.05) is 35.1 Å². The number of ether oxygens (including phenoxy) is 2. The summed E-state index contributed by atoms with van der Waals surface area (Å²) in [5, 5.41) is 3.78. The molecule has 1 unspecified atom stereocenters. The molecule has 0 aliphatic rings. The summed E-state index contributed by atoms with van der Waals surface area (Å²) >= 11 is 12.9. The second kappa shape index (κ2) is 13.8. The Kier molecular flexibility index (Phi) is 10.5. The van der Waals surface area contributed by atoms with Crippen molar-refractivity contribution in [2.75, 3.05) is 20.3 Å². The molecule has 0 heterocycles. The van der Waals surface area contributed by atoms with E-state index in [4.69, 9.17) is 32.7 Å². The lowest BCUT2D eigenvalue weighted by molar-refractivity contribution is -0.142. The van der Waals surface area contributed by atoms with Crippen LogP contribution in [0.15, 0.2) is 72.8 Å². The van der Waals surface area contributed by atoms with Gasteiger partial charge in [-0.05, 0) is 48.4 Å². The van der Waals surface area contributed by atoms with Crippen LogP contribution in [0.5, 0.6) is 11.5 Å². The van der Waals surface area contributed by atoms with Crippen molar-refractivity contribution in [1.29, 1.82) is 0 Å². The Labute approximate surface area is 222 Å². The van der Waals surface area contributed by atoms with E-state index in [-0.39, 0.29) is 25.0 Å². The third kappa shape index (κ3) is 7.64. The molecule has 0 bridgehead atoms. The second-order valence-corrected chi connectivity index (χ2v) is 9.00. The van der Waals surface area contributed by atoms with E-state index in [0.29, 0.717) is 40.1 Å². The number of benzene rings is 3. The van der Waals surface area contributed by atoms with Gasteiger partial charge in [0.05, 0.1) is 7.11 Å². The lowest BCUT2D eigenvalue weighted by Gasteiger charge is -2.32. The van der Waals surface area contributed by atoms with Crippen LogP contribution in [0.25, 0.3) is 0 Å². The summed E-state index contributed by atoms with van der Waals surface area (Å²) in [4.78, 5) is 28.4. The molecule has 0 fully saturated rings. The molecular weight excluding hydrogens is 499 g/mol. The van der Waals surface area contributed by atoms with Crippen molar-refractivity contribution in [3.63, 3.8) is 0 Å². The fraction of sp³-hybridized carbons (Fsp3) is 0.286. The molecule has 8 heteroatoms. The summed E-state index contributed by atoms with van der Waals surface area (Å²) in [7, 11) is 1.58. The van der Waals surface area contributed by atoms with Gasteiger partial charge in [-0.1, -0.05) is 66.5 Å². The second-order valence-electron chi connectivity index (χ2n) is 8.18. The molecule has 36 heavy (non-hydrogen) atoms. The Hall–Kier alpha value is -3.22. The van der Waals surface area contributed by atoms with Gasteiger partial charge in [-0.2, -0.15) is 0 Å². The lowest BCUT2D eigenvalue weighted by Crippen LogP contribution is -2.51. The van der Waals surface area contributed by atoms with E-state index in [1.807, 2.05) is 37.3 Å². The van der Waals surface area contributed by atoms with Crippen LogP contribution in [0.3, 0.4) is 0 Å². The first-order valence-corrected chi connectivity index (χ1v) is 12.5. The smallest absolute Gasteiger partial charge is 0.261 e. The number of halogens is 2. The van der Waals surface area contributed by atoms with Crippen LogP contribution in [0.2, 0.25) is 10.0 Å². The molecule has 6 nitrogen and oxygen atoms in total. The molecule has 0 saturated heterocycles. The van der Waals surface area contributed by atoms with Gasteiger partial charge >= 0.3 is 0 Å². The number of hydrogen-bond acceptors (Lipinski definition) is 4. The Balaban J connectivity index is 1.92. The molecule has 1 N–H and O–H groups in total. The Morgan fingerprint density at radius 1 is 0.917 bits per heavy atom. The summed E-state index contributed by atoms with van der Waals surface area (Å²) in [6.45, 7) is 2.27. The van der Waals surface area contributed by atoms with Gasteiger partial charge in [0.2, 0.25) is 5.91 Å². The maximum atomic E-state index is 13.6. The maximum Gasteiger partial charge on any atom is 0.261 e. The molecule has 2 amide bonds. The zero-order chi connectivity index (χ0) is 25.9. The molecule has 0 aromatic heterocycles. The molecule has 3 aromatic carbocycles. The number of hydrogen-bond donors (Lipinski definition) is 1. The highest BCUT2D eigenvalue weighted by molar-refractivity contribution is 6.36. The minimum Gasteiger partial charge on any atom is -0.497 e. The summed E-state index contributed by atoms with van der Waals surface area (Å²) in [6, 6.07) is 20.9. The van der Waals surface area contributed by atoms with Gasteiger partial charge in [0.25, 0.3) is 5.91 Å². The van der Waals surface area contributed by atoms with Gasteiger partial charge in [0.15, 0.2) is 6.61 Å². The topological polar surface area (TPSA) is 67.9 Å². The standard InChI is InChI=1S/C28H30Cl2N2O4/c1-3-16-31-28(34)26(17-20-8-5-4-6-9-20)32(18-23-24(29)10-7-11-25(23)30)27(33)19-36-22-14-12-21(35-2)13-15-22/h4-15,26H,3,16-19H2,1-2H3,(H,31,34). The van der Waals surface area contributed by atoms with Gasteiger partial charge in [-0.3, -0.25) is 9.59 Å². The van der Waals surface area contributed by atoms with Crippen LogP contribution in [-0.4, -0.2) is 43.0 Å². The molecular formula is C28H30Cl2N2O4. The maximum absolute atomic E-state index is 13.6. The minimum absolute atomic E-state index is 0.0559. The van der Waals surface area contributed by atoms with E-state index >= 15 is 0 Å². The van der Waals surface area contributed by atoms with E-state index in [9.17, 15) is 9.59 Å². The average molecular weight is 529 g/mol. The molecule has 0 aliphatic heterocycles. The summed E-state index contributed by atoms with van der Waals surface area (Å²) in [5.74, 6) is 0.574. The van der Waals surface area contributed by atoms with Crippen molar-refractivity contribution in [1.82, 2.24) is 10.2 Å². The van der Waals surface area contributed by atoms with Crippen LogP contribution in [0, 0.1) is 0 Å². The van der Waals surface area contributed by atoms with Crippen molar-refractivity contribution < 1.29 is 19.1 Å². The van der Waals surface area contributed by atoms with Gasteiger partial charge in [-0.15, -0.1) is 0 Å². The van der Waals surface area contributed by atoms with E-state index in [1.54, 1.807) is 49.6 Å². The van der Waals surface area contributed by atoms with Crippen LogP contribution in [0.4, 0.5) is 0 Å². The molecule has 0 radical (unpaired) electrons. The number of carbonyl (C=O) groups is 2. The molecule has 190 valence electrons. The first-order chi connectivity index (χ1) is 17.4. The predicted molar refractivity (Wildman–Crippen MR) is 143 cm³/mol. The van der Waals surface area contributed by atoms with E-state index in [2.05, 4.69) is 5.32 Å². The van der Waals surface area contributed by atoms with Gasteiger partial charge < -0.3 is 19.7 Å². The molecule has 0 saturated carbocycles. The first kappa shape index (κ1) is 27.4. The SMILES string of the molecule is CCCNC(=O)C(Cc1ccccc1)N(Cc1c(Cl)cccc1Cl)C(=O)COc1ccc(OC)cc1. The number of nitrogens with one attached hydrogen (secondary N) is 1. The zero-order valence-corrected chi connectivity index (χ0v) is 21.9. The average Bonchev–Trinajstić information content (AvgIpc) is 2.90. The van der Waals surface area contributed by atoms with Crippen LogP contribution < -0.4 is 14.8 Å². The number of carbonyl (C=O) groups excluding carboxylic acids is 2. The van der Waals surface area contributed by atoms with Crippen LogP contribution >= 0.6 is 23.2 Å². The van der Waals surface area contributed by atoms with E-state index in [0.717, 1.165) is 12.0 Å². The third-order valence-corrected chi connectivity index (χ3v) is 6.34. The Morgan fingerprint density at radius 2 is 1.56 bits per heavy atom. The largest absolute Gasteiger partial charge is 0.497 e. The fourth-order valence-corrected chi connectivity index (χ4v) is 4.19. The monoisotopic (exact) mass is 528 g/mol. The number of rotatable bonds is 12. The summed E-state index contributed by atoms with van der Waals surface area (Å²) in [5.41, 5.74) is 1.49. The normalized spacial score (nSPS) is 11.4. The van der Waals surface area contributed by atoms with Crippen molar-refractivity contribution in [2.24, 2.45) is 0 Å². The fourth-order valence-electron chi connectivity index (χ4n) is 3.67. The quantitative estimate of drug-likeness (QED) is 0.334. The summed E-state index contributed by atoms with van der Waals surface area (Å²) in [6.07, 6.45) is 1.10. The van der Waals surface area contributed by atoms with Crippen LogP contribution in [0.1, 0.15) is 24.5 Å². The predicted octanol–water partition coefficient (Wildman–Crippen LogP) is 5.55. The zero-order valence-electron chi connectivity index (χ0n) is 20.4. The third-order valence-electron chi connectivity index (χ3n) is 5.63. The first-order valence-electron chi connectivity index (χ1n) is 11.7. The molecule has 0 spiro atoms. The van der Waals surface area contributed by atoms with Gasteiger partial charge in [0.1, 0.15) is 17.5 Å². The van der Waals surface area contributed by atoms with Crippen molar-refractivity contribution in [2.45, 2.75) is 32.4 Å². The molecule has 3 rings (SSSR count). The van der Waals surface area contributed by atoms with Crippen molar-refractivity contribution >= 4 is 35.0 Å². The van der Waals surface area contributed by atoms with Crippen LogP contribution in [-0.2, 0) is 22.6 Å². The van der Waals surface area contributed by atoms with E-state index in [1.165, 1.54) is 4.90 Å². The van der Waals surface area contributed by atoms with E-state index < -0.39 is 6.04 Å². The Bertz CT molecular complexity index is 1120. The van der Waals surface area contributed by atoms with Crippen molar-refractivity contribution in [3.05, 3.63) is 94.0 Å². The summed E-state index contributed by atoms with van der Waals surface area (Å²) < 4.78 is 10.9. The number of nitrogens with zero attached hydrogens (tertiary/aromatic N) is 1. The van der Waals surface area contributed by atoms with Gasteiger partial charge in [-0.25, -0.2) is 0 Å². The van der Waals surface area contributed by atoms with Crippen molar-refractivity contribution in [3.8, 4) is 11.5 Å².